The van der Waals surface area contributed by atoms with Crippen LogP contribution >= 0.6 is 46.3 Å². The van der Waals surface area contributed by atoms with E-state index in [0.717, 1.165) is 4.88 Å². The van der Waals surface area contributed by atoms with Crippen LogP contribution in [0.25, 0.3) is 0 Å². The number of para-hydroxylation sites is 1. The summed E-state index contributed by atoms with van der Waals surface area (Å²) in [5, 5.41) is 22.3. The van der Waals surface area contributed by atoms with E-state index in [1.807, 2.05) is 35.7 Å². The van der Waals surface area contributed by atoms with Crippen LogP contribution in [0, 0.1) is 11.3 Å². The fourth-order valence-electron chi connectivity index (χ4n) is 3.75. The normalized spacial score (nSPS) is 15.2. The highest BCUT2D eigenvalue weighted by atomic mass is 35.5. The highest BCUT2D eigenvalue weighted by Crippen LogP contribution is 2.42. The molecule has 10 heteroatoms. The number of allylic oxidation sites excluding steroid dienone is 2. The Morgan fingerprint density at radius 1 is 1.06 bits per heavy atom. The number of carbonyl (C=O) groups excluding carboxylic acids is 2. The summed E-state index contributed by atoms with van der Waals surface area (Å²) in [6.07, 6.45) is 0. The number of carbonyl (C=O) groups is 2. The molecule has 182 valence electrons. The standard InChI is InChI=1S/C26H20Cl2N4O2S2/c1-15-23(25(34)32-18-6-3-2-4-7-18)24(21-8-5-9-35-21)20(13-29)26(30-15)36-14-22(33)31-19-11-16(27)10-17(28)12-19/h2-12,24,30H,14H2,1H3,(H,31,33)(H,32,34)/t24-/m1/s1. The van der Waals surface area contributed by atoms with Crippen LogP contribution in [0.5, 0.6) is 0 Å². The smallest absolute Gasteiger partial charge is 0.254 e. The van der Waals surface area contributed by atoms with E-state index in [1.54, 1.807) is 37.3 Å². The highest BCUT2D eigenvalue weighted by molar-refractivity contribution is 8.03. The largest absolute Gasteiger partial charge is 0.353 e. The Morgan fingerprint density at radius 2 is 1.78 bits per heavy atom. The predicted molar refractivity (Wildman–Crippen MR) is 148 cm³/mol. The Labute approximate surface area is 227 Å². The molecule has 0 fully saturated rings. The molecular weight excluding hydrogens is 535 g/mol. The van der Waals surface area contributed by atoms with Crippen molar-refractivity contribution in [2.75, 3.05) is 16.4 Å². The summed E-state index contributed by atoms with van der Waals surface area (Å²) < 4.78 is 0. The van der Waals surface area contributed by atoms with Crippen LogP contribution in [-0.4, -0.2) is 17.6 Å². The van der Waals surface area contributed by atoms with Crippen molar-refractivity contribution in [3.05, 3.63) is 103 Å². The lowest BCUT2D eigenvalue weighted by Gasteiger charge is -2.29. The molecule has 0 bridgehead atoms. The van der Waals surface area contributed by atoms with Crippen LogP contribution in [-0.2, 0) is 9.59 Å². The molecule has 2 heterocycles. The molecule has 1 atom stereocenters. The first-order valence-corrected chi connectivity index (χ1v) is 13.4. The number of hydrogen-bond donors (Lipinski definition) is 3. The lowest BCUT2D eigenvalue weighted by Crippen LogP contribution is -2.30. The highest BCUT2D eigenvalue weighted by Gasteiger charge is 2.35. The number of anilines is 2. The van der Waals surface area contributed by atoms with Gasteiger partial charge in [-0.2, -0.15) is 5.26 Å². The number of thioether (sulfide) groups is 1. The van der Waals surface area contributed by atoms with Gasteiger partial charge in [-0.25, -0.2) is 0 Å². The number of halogens is 2. The third-order valence-corrected chi connectivity index (χ3v) is 7.64. The molecule has 1 aromatic heterocycles. The van der Waals surface area contributed by atoms with Crippen LogP contribution in [0.15, 0.2) is 87.9 Å². The topological polar surface area (TPSA) is 94.0 Å². The number of hydrogen-bond acceptors (Lipinski definition) is 6. The predicted octanol–water partition coefficient (Wildman–Crippen LogP) is 6.76. The molecule has 36 heavy (non-hydrogen) atoms. The Balaban J connectivity index is 1.57. The molecule has 0 spiro atoms. The molecule has 0 radical (unpaired) electrons. The van der Waals surface area contributed by atoms with E-state index in [0.29, 0.717) is 43.3 Å². The zero-order valence-electron chi connectivity index (χ0n) is 19.0. The van der Waals surface area contributed by atoms with Gasteiger partial charge in [-0.15, -0.1) is 11.3 Å². The molecule has 0 saturated carbocycles. The third kappa shape index (κ3) is 6.12. The van der Waals surface area contributed by atoms with E-state index in [1.165, 1.54) is 23.1 Å². The summed E-state index contributed by atoms with van der Waals surface area (Å²) in [5.74, 6) is -1.10. The van der Waals surface area contributed by atoms with Gasteiger partial charge in [0.15, 0.2) is 0 Å². The van der Waals surface area contributed by atoms with E-state index >= 15 is 0 Å². The summed E-state index contributed by atoms with van der Waals surface area (Å²) in [5.41, 5.74) is 2.60. The van der Waals surface area contributed by atoms with Gasteiger partial charge in [0, 0.05) is 37.6 Å². The van der Waals surface area contributed by atoms with Crippen LogP contribution in [0.3, 0.4) is 0 Å². The minimum Gasteiger partial charge on any atom is -0.353 e. The fraction of sp³-hybridized carbons (Fsp3) is 0.115. The van der Waals surface area contributed by atoms with Crippen molar-refractivity contribution in [2.45, 2.75) is 12.8 Å². The summed E-state index contributed by atoms with van der Waals surface area (Å²) in [7, 11) is 0. The molecule has 0 saturated heterocycles. The lowest BCUT2D eigenvalue weighted by atomic mass is 9.86. The molecule has 0 unspecified atom stereocenters. The van der Waals surface area contributed by atoms with E-state index in [-0.39, 0.29) is 17.6 Å². The first-order valence-electron chi connectivity index (χ1n) is 10.8. The van der Waals surface area contributed by atoms with Crippen LogP contribution in [0.1, 0.15) is 17.7 Å². The molecule has 3 N–H and O–H groups in total. The monoisotopic (exact) mass is 554 g/mol. The average molecular weight is 556 g/mol. The number of benzene rings is 2. The van der Waals surface area contributed by atoms with Crippen molar-refractivity contribution < 1.29 is 9.59 Å². The van der Waals surface area contributed by atoms with Gasteiger partial charge in [-0.1, -0.05) is 59.2 Å². The van der Waals surface area contributed by atoms with Gasteiger partial charge < -0.3 is 16.0 Å². The Hall–Kier alpha value is -3.22. The molecule has 2 amide bonds. The number of nitrogens with one attached hydrogen (secondary N) is 3. The van der Waals surface area contributed by atoms with Crippen LogP contribution < -0.4 is 16.0 Å². The zero-order valence-corrected chi connectivity index (χ0v) is 22.1. The van der Waals surface area contributed by atoms with Crippen LogP contribution in [0.2, 0.25) is 10.0 Å². The van der Waals surface area contributed by atoms with E-state index in [9.17, 15) is 14.9 Å². The summed E-state index contributed by atoms with van der Waals surface area (Å²) in [6, 6.07) is 20.0. The van der Waals surface area contributed by atoms with Crippen molar-refractivity contribution in [2.24, 2.45) is 0 Å². The van der Waals surface area contributed by atoms with Gasteiger partial charge in [-0.3, -0.25) is 9.59 Å². The molecule has 1 aliphatic heterocycles. The van der Waals surface area contributed by atoms with E-state index in [2.05, 4.69) is 22.0 Å². The molecule has 2 aromatic carbocycles. The molecular formula is C26H20Cl2N4O2S2. The summed E-state index contributed by atoms with van der Waals surface area (Å²) in [6.45, 7) is 1.79. The molecule has 6 nitrogen and oxygen atoms in total. The number of nitriles is 1. The van der Waals surface area contributed by atoms with Gasteiger partial charge in [0.25, 0.3) is 5.91 Å². The van der Waals surface area contributed by atoms with Gasteiger partial charge >= 0.3 is 0 Å². The second-order valence-corrected chi connectivity index (χ2v) is 10.6. The third-order valence-electron chi connectivity index (χ3n) is 5.25. The summed E-state index contributed by atoms with van der Waals surface area (Å²) in [4.78, 5) is 26.8. The number of thiophene rings is 1. The second kappa shape index (κ2) is 11.7. The SMILES string of the molecule is CC1=C(C(=O)Nc2ccccc2)[C@@H](c2cccs2)C(C#N)=C(SCC(=O)Nc2cc(Cl)cc(Cl)c2)N1. The maximum Gasteiger partial charge on any atom is 0.254 e. The van der Waals surface area contributed by atoms with Crippen molar-refractivity contribution in [1.29, 1.82) is 5.26 Å². The average Bonchev–Trinajstić information content (AvgIpc) is 3.37. The van der Waals surface area contributed by atoms with Crippen LogP contribution in [0.4, 0.5) is 11.4 Å². The number of rotatable bonds is 7. The summed E-state index contributed by atoms with van der Waals surface area (Å²) >= 11 is 14.7. The first-order chi connectivity index (χ1) is 17.4. The van der Waals surface area contributed by atoms with E-state index in [4.69, 9.17) is 23.2 Å². The van der Waals surface area contributed by atoms with Crippen molar-refractivity contribution in [3.8, 4) is 6.07 Å². The fourth-order valence-corrected chi connectivity index (χ4v) is 6.01. The zero-order chi connectivity index (χ0) is 25.7. The number of amides is 2. The lowest BCUT2D eigenvalue weighted by molar-refractivity contribution is -0.114. The Morgan fingerprint density at radius 3 is 2.42 bits per heavy atom. The Kier molecular flexibility index (Phi) is 8.39. The molecule has 1 aliphatic rings. The maximum absolute atomic E-state index is 13.3. The van der Waals surface area contributed by atoms with Gasteiger partial charge in [0.2, 0.25) is 5.91 Å². The maximum atomic E-state index is 13.3. The first kappa shape index (κ1) is 25.9. The van der Waals surface area contributed by atoms with Crippen molar-refractivity contribution in [1.82, 2.24) is 5.32 Å². The van der Waals surface area contributed by atoms with Gasteiger partial charge in [-0.05, 0) is 48.7 Å². The van der Waals surface area contributed by atoms with Crippen molar-refractivity contribution >= 4 is 69.5 Å². The second-order valence-electron chi connectivity index (χ2n) is 7.78. The van der Waals surface area contributed by atoms with Crippen molar-refractivity contribution in [3.63, 3.8) is 0 Å². The molecule has 0 aliphatic carbocycles. The number of nitrogens with zero attached hydrogens (tertiary/aromatic N) is 1. The minimum atomic E-state index is -0.558. The minimum absolute atomic E-state index is 0.0353. The molecule has 3 aromatic rings. The van der Waals surface area contributed by atoms with E-state index < -0.39 is 5.92 Å². The van der Waals surface area contributed by atoms with Gasteiger partial charge in [0.1, 0.15) is 0 Å². The number of dihydropyridines is 1. The Bertz CT molecular complexity index is 1380. The molecule has 4 rings (SSSR count). The quantitative estimate of drug-likeness (QED) is 0.300. The van der Waals surface area contributed by atoms with Gasteiger partial charge in [0.05, 0.1) is 28.3 Å².